The van der Waals surface area contributed by atoms with Crippen LogP contribution in [0.4, 0.5) is 5.69 Å². The Labute approximate surface area is 152 Å². The summed E-state index contributed by atoms with van der Waals surface area (Å²) in [5.74, 6) is 0.0311. The summed E-state index contributed by atoms with van der Waals surface area (Å²) in [7, 11) is 0. The van der Waals surface area contributed by atoms with Crippen LogP contribution in [0.1, 0.15) is 24.8 Å². The summed E-state index contributed by atoms with van der Waals surface area (Å²) in [5, 5.41) is 3.62. The van der Waals surface area contributed by atoms with Gasteiger partial charge in [0.05, 0.1) is 6.04 Å². The van der Waals surface area contributed by atoms with Crippen molar-refractivity contribution in [1.29, 1.82) is 0 Å². The first kappa shape index (κ1) is 17.5. The van der Waals surface area contributed by atoms with Crippen LogP contribution in [0.3, 0.4) is 0 Å². The fraction of sp³-hybridized carbons (Fsp3) is 0.300. The van der Waals surface area contributed by atoms with Crippen LogP contribution in [-0.2, 0) is 16.0 Å². The van der Waals surface area contributed by atoms with Crippen molar-refractivity contribution in [3.8, 4) is 0 Å². The molecule has 0 unspecified atom stereocenters. The highest BCUT2D eigenvalue weighted by Crippen LogP contribution is 2.23. The highest BCUT2D eigenvalue weighted by atomic mass is 35.5. The summed E-state index contributed by atoms with van der Waals surface area (Å²) in [6, 6.07) is 17.2. The van der Waals surface area contributed by atoms with Crippen LogP contribution < -0.4 is 10.2 Å². The quantitative estimate of drug-likeness (QED) is 0.860. The molecule has 2 aromatic rings. The summed E-state index contributed by atoms with van der Waals surface area (Å²) in [6.07, 6.45) is 2.50. The standard InChI is InChI=1S/C20H21ClN2O2/c21-16-9-11-18(12-10-16)23-14-17(13-20(23)25)22-19(24)8-4-7-15-5-2-1-3-6-15/h1-3,5-6,9-12,17H,4,7-8,13-14H2,(H,22,24)/t17-/m1/s1. The van der Waals surface area contributed by atoms with Crippen LogP contribution in [0.5, 0.6) is 0 Å². The number of amides is 2. The highest BCUT2D eigenvalue weighted by molar-refractivity contribution is 6.30. The highest BCUT2D eigenvalue weighted by Gasteiger charge is 2.31. The van der Waals surface area contributed by atoms with Crippen molar-refractivity contribution < 1.29 is 9.59 Å². The van der Waals surface area contributed by atoms with Crippen LogP contribution >= 0.6 is 11.6 Å². The fourth-order valence-corrected chi connectivity index (χ4v) is 3.20. The lowest BCUT2D eigenvalue weighted by molar-refractivity contribution is -0.121. The number of aryl methyl sites for hydroxylation is 1. The van der Waals surface area contributed by atoms with Gasteiger partial charge in [-0.1, -0.05) is 41.9 Å². The Morgan fingerprint density at radius 2 is 1.84 bits per heavy atom. The number of nitrogens with zero attached hydrogens (tertiary/aromatic N) is 1. The molecule has 1 fully saturated rings. The summed E-state index contributed by atoms with van der Waals surface area (Å²) < 4.78 is 0. The van der Waals surface area contributed by atoms with Gasteiger partial charge in [0.15, 0.2) is 0 Å². The largest absolute Gasteiger partial charge is 0.351 e. The molecule has 1 aliphatic heterocycles. The Hall–Kier alpha value is -2.33. The molecule has 1 saturated heterocycles. The molecule has 1 N–H and O–H groups in total. The molecule has 4 nitrogen and oxygen atoms in total. The minimum Gasteiger partial charge on any atom is -0.351 e. The van der Waals surface area contributed by atoms with Crippen LogP contribution in [-0.4, -0.2) is 24.4 Å². The molecule has 1 aliphatic rings. The second-order valence-corrected chi connectivity index (χ2v) is 6.72. The number of hydrogen-bond acceptors (Lipinski definition) is 2. The monoisotopic (exact) mass is 356 g/mol. The van der Waals surface area contributed by atoms with Gasteiger partial charge < -0.3 is 10.2 Å². The van der Waals surface area contributed by atoms with Gasteiger partial charge in [0, 0.05) is 30.1 Å². The van der Waals surface area contributed by atoms with Gasteiger partial charge in [0.25, 0.3) is 0 Å². The second-order valence-electron chi connectivity index (χ2n) is 6.29. The molecule has 0 aromatic heterocycles. The maximum Gasteiger partial charge on any atom is 0.229 e. The van der Waals surface area contributed by atoms with Gasteiger partial charge in [-0.2, -0.15) is 0 Å². The zero-order valence-corrected chi connectivity index (χ0v) is 14.7. The number of halogens is 1. The van der Waals surface area contributed by atoms with Crippen molar-refractivity contribution in [3.05, 3.63) is 65.2 Å². The predicted molar refractivity (Wildman–Crippen MR) is 99.7 cm³/mol. The van der Waals surface area contributed by atoms with E-state index in [9.17, 15) is 9.59 Å². The molecular weight excluding hydrogens is 336 g/mol. The van der Waals surface area contributed by atoms with Gasteiger partial charge >= 0.3 is 0 Å². The normalized spacial score (nSPS) is 16.9. The molecule has 2 amide bonds. The summed E-state index contributed by atoms with van der Waals surface area (Å²) in [4.78, 5) is 26.0. The van der Waals surface area contributed by atoms with Crippen LogP contribution in [0, 0.1) is 0 Å². The van der Waals surface area contributed by atoms with E-state index >= 15 is 0 Å². The summed E-state index contributed by atoms with van der Waals surface area (Å²) in [5.41, 5.74) is 2.05. The lowest BCUT2D eigenvalue weighted by atomic mass is 10.1. The molecule has 0 saturated carbocycles. The number of nitrogens with one attached hydrogen (secondary N) is 1. The Balaban J connectivity index is 1.46. The zero-order chi connectivity index (χ0) is 17.6. The van der Waals surface area contributed by atoms with E-state index in [1.54, 1.807) is 17.0 Å². The molecule has 3 rings (SSSR count). The van der Waals surface area contributed by atoms with E-state index in [4.69, 9.17) is 11.6 Å². The third kappa shape index (κ3) is 4.83. The van der Waals surface area contributed by atoms with Crippen molar-refractivity contribution in [3.63, 3.8) is 0 Å². The molecule has 5 heteroatoms. The number of hydrogen-bond donors (Lipinski definition) is 1. The Morgan fingerprint density at radius 3 is 2.56 bits per heavy atom. The van der Waals surface area contributed by atoms with E-state index in [1.165, 1.54) is 5.56 Å². The Bertz CT molecular complexity index is 731. The van der Waals surface area contributed by atoms with Crippen molar-refractivity contribution in [2.45, 2.75) is 31.7 Å². The smallest absolute Gasteiger partial charge is 0.229 e. The minimum atomic E-state index is -0.132. The van der Waals surface area contributed by atoms with Crippen molar-refractivity contribution in [2.24, 2.45) is 0 Å². The van der Waals surface area contributed by atoms with Gasteiger partial charge in [-0.15, -0.1) is 0 Å². The van der Waals surface area contributed by atoms with Crippen LogP contribution in [0.2, 0.25) is 5.02 Å². The molecule has 1 heterocycles. The maximum absolute atomic E-state index is 12.2. The zero-order valence-electron chi connectivity index (χ0n) is 14.0. The average molecular weight is 357 g/mol. The predicted octanol–water partition coefficient (Wildman–Crippen LogP) is 3.58. The van der Waals surface area contributed by atoms with Gasteiger partial charge in [-0.3, -0.25) is 9.59 Å². The SMILES string of the molecule is O=C(CCCc1ccccc1)N[C@@H]1CC(=O)N(c2ccc(Cl)cc2)C1. The van der Waals surface area contributed by atoms with E-state index in [0.29, 0.717) is 24.4 Å². The first-order valence-corrected chi connectivity index (χ1v) is 8.89. The number of anilines is 1. The minimum absolute atomic E-state index is 0.00619. The number of benzene rings is 2. The number of carbonyl (C=O) groups excluding carboxylic acids is 2. The maximum atomic E-state index is 12.2. The van der Waals surface area contributed by atoms with Crippen LogP contribution in [0.15, 0.2) is 54.6 Å². The van der Waals surface area contributed by atoms with E-state index in [1.807, 2.05) is 30.3 Å². The number of rotatable bonds is 6. The molecular formula is C20H21ClN2O2. The van der Waals surface area contributed by atoms with Gasteiger partial charge in [-0.05, 0) is 42.7 Å². The molecule has 130 valence electrons. The lowest BCUT2D eigenvalue weighted by Crippen LogP contribution is -2.37. The molecule has 0 radical (unpaired) electrons. The summed E-state index contributed by atoms with van der Waals surface area (Å²) >= 11 is 5.88. The third-order valence-electron chi connectivity index (χ3n) is 4.34. The topological polar surface area (TPSA) is 49.4 Å². The molecule has 2 aromatic carbocycles. The molecule has 25 heavy (non-hydrogen) atoms. The molecule has 0 aliphatic carbocycles. The van der Waals surface area contributed by atoms with Crippen molar-refractivity contribution in [2.75, 3.05) is 11.4 Å². The fourth-order valence-electron chi connectivity index (χ4n) is 3.07. The first-order chi connectivity index (χ1) is 12.1. The van der Waals surface area contributed by atoms with E-state index in [-0.39, 0.29) is 17.9 Å². The Morgan fingerprint density at radius 1 is 1.12 bits per heavy atom. The van der Waals surface area contributed by atoms with Gasteiger partial charge in [0.2, 0.25) is 11.8 Å². The molecule has 0 spiro atoms. The first-order valence-electron chi connectivity index (χ1n) is 8.51. The van der Waals surface area contributed by atoms with Gasteiger partial charge in [0.1, 0.15) is 0 Å². The summed E-state index contributed by atoms with van der Waals surface area (Å²) in [6.45, 7) is 0.505. The van der Waals surface area contributed by atoms with E-state index in [2.05, 4.69) is 17.4 Å². The van der Waals surface area contributed by atoms with Gasteiger partial charge in [-0.25, -0.2) is 0 Å². The van der Waals surface area contributed by atoms with E-state index in [0.717, 1.165) is 18.5 Å². The van der Waals surface area contributed by atoms with Crippen molar-refractivity contribution >= 4 is 29.1 Å². The lowest BCUT2D eigenvalue weighted by Gasteiger charge is -2.17. The van der Waals surface area contributed by atoms with Crippen LogP contribution in [0.25, 0.3) is 0 Å². The average Bonchev–Trinajstić information content (AvgIpc) is 2.96. The molecule has 0 bridgehead atoms. The van der Waals surface area contributed by atoms with E-state index < -0.39 is 0 Å². The Kier molecular flexibility index (Phi) is 5.71. The van der Waals surface area contributed by atoms with Crippen molar-refractivity contribution in [1.82, 2.24) is 5.32 Å². The number of carbonyl (C=O) groups is 2. The molecule has 1 atom stereocenters. The second kappa shape index (κ2) is 8.17. The third-order valence-corrected chi connectivity index (χ3v) is 4.59.